The monoisotopic (exact) mass is 369 g/mol. The number of carbonyl (C=O) groups is 1. The first kappa shape index (κ1) is 19.8. The molecule has 1 aromatic rings. The minimum absolute atomic E-state index is 0.0751. The standard InChI is InChI=1S/C17H27N3O4S/c1-15-5-3-4-6-16(15)17(21)19(11-13-24-2)12-14-25(22,23)20-9-7-18-8-10-20/h3-6,18H,7-14H2,1-2H3. The number of hydrogen-bond acceptors (Lipinski definition) is 5. The Morgan fingerprint density at radius 3 is 2.56 bits per heavy atom. The molecule has 1 fully saturated rings. The molecule has 2 rings (SSSR count). The van der Waals surface area contributed by atoms with Crippen LogP contribution in [0, 0.1) is 6.92 Å². The van der Waals surface area contributed by atoms with Gasteiger partial charge in [0.1, 0.15) is 0 Å². The van der Waals surface area contributed by atoms with Crippen LogP contribution in [0.25, 0.3) is 0 Å². The van der Waals surface area contributed by atoms with Gasteiger partial charge in [0.05, 0.1) is 12.4 Å². The molecule has 7 nitrogen and oxygen atoms in total. The Labute approximate surface area is 150 Å². The molecule has 1 heterocycles. The molecule has 8 heteroatoms. The van der Waals surface area contributed by atoms with E-state index < -0.39 is 10.0 Å². The summed E-state index contributed by atoms with van der Waals surface area (Å²) in [6.45, 7) is 5.04. The molecule has 1 N–H and O–H groups in total. The molecule has 0 unspecified atom stereocenters. The van der Waals surface area contributed by atoms with Crippen LogP contribution in [0.4, 0.5) is 0 Å². The Hall–Kier alpha value is -1.48. The van der Waals surface area contributed by atoms with Crippen molar-refractivity contribution in [1.82, 2.24) is 14.5 Å². The zero-order valence-electron chi connectivity index (χ0n) is 14.9. The molecule has 1 saturated heterocycles. The zero-order valence-corrected chi connectivity index (χ0v) is 15.7. The lowest BCUT2D eigenvalue weighted by Crippen LogP contribution is -2.48. The maximum atomic E-state index is 12.8. The van der Waals surface area contributed by atoms with Gasteiger partial charge in [-0.2, -0.15) is 4.31 Å². The molecule has 140 valence electrons. The normalized spacial score (nSPS) is 15.9. The highest BCUT2D eigenvalue weighted by atomic mass is 32.2. The molecule has 1 aliphatic heterocycles. The average Bonchev–Trinajstić information content (AvgIpc) is 2.62. The summed E-state index contributed by atoms with van der Waals surface area (Å²) in [5, 5.41) is 3.14. The van der Waals surface area contributed by atoms with Crippen molar-refractivity contribution < 1.29 is 17.9 Å². The predicted molar refractivity (Wildman–Crippen MR) is 97.2 cm³/mol. The maximum Gasteiger partial charge on any atom is 0.254 e. The number of nitrogens with zero attached hydrogens (tertiary/aromatic N) is 2. The minimum Gasteiger partial charge on any atom is -0.383 e. The number of carbonyl (C=O) groups excluding carboxylic acids is 1. The minimum atomic E-state index is -3.37. The van der Waals surface area contributed by atoms with E-state index in [1.54, 1.807) is 18.1 Å². The van der Waals surface area contributed by atoms with E-state index in [1.807, 2.05) is 25.1 Å². The number of aryl methyl sites for hydroxylation is 1. The Kier molecular flexibility index (Phi) is 7.37. The van der Waals surface area contributed by atoms with E-state index in [0.29, 0.717) is 44.9 Å². The van der Waals surface area contributed by atoms with Gasteiger partial charge in [-0.25, -0.2) is 8.42 Å². The molecule has 1 aliphatic rings. The van der Waals surface area contributed by atoms with Crippen molar-refractivity contribution in [2.45, 2.75) is 6.92 Å². The molecule has 0 saturated carbocycles. The van der Waals surface area contributed by atoms with E-state index in [1.165, 1.54) is 4.31 Å². The van der Waals surface area contributed by atoms with E-state index in [4.69, 9.17) is 4.74 Å². The summed E-state index contributed by atoms with van der Waals surface area (Å²) in [5.41, 5.74) is 1.47. The molecular formula is C17H27N3O4S. The van der Waals surface area contributed by atoms with Crippen molar-refractivity contribution >= 4 is 15.9 Å². The van der Waals surface area contributed by atoms with Gasteiger partial charge in [-0.1, -0.05) is 18.2 Å². The van der Waals surface area contributed by atoms with E-state index in [-0.39, 0.29) is 18.2 Å². The van der Waals surface area contributed by atoms with Gasteiger partial charge in [0.2, 0.25) is 10.0 Å². The summed E-state index contributed by atoms with van der Waals surface area (Å²) >= 11 is 0. The second kappa shape index (κ2) is 9.28. The van der Waals surface area contributed by atoms with Crippen LogP contribution in [0.5, 0.6) is 0 Å². The summed E-state index contributed by atoms with van der Waals surface area (Å²) in [5.74, 6) is -0.236. The van der Waals surface area contributed by atoms with E-state index >= 15 is 0 Å². The fourth-order valence-electron chi connectivity index (χ4n) is 2.78. The van der Waals surface area contributed by atoms with Crippen molar-refractivity contribution in [2.24, 2.45) is 0 Å². The van der Waals surface area contributed by atoms with Crippen LogP contribution in [0.3, 0.4) is 0 Å². The predicted octanol–water partition coefficient (Wildman–Crippen LogP) is 0.319. The van der Waals surface area contributed by atoms with Gasteiger partial charge in [-0.05, 0) is 18.6 Å². The van der Waals surface area contributed by atoms with E-state index in [9.17, 15) is 13.2 Å². The van der Waals surface area contributed by atoms with E-state index in [2.05, 4.69) is 5.32 Å². The topological polar surface area (TPSA) is 79.0 Å². The number of nitrogens with one attached hydrogen (secondary N) is 1. The first-order chi connectivity index (χ1) is 12.0. The number of rotatable bonds is 8. The van der Waals surface area contributed by atoms with Crippen LogP contribution in [-0.4, -0.2) is 82.3 Å². The highest BCUT2D eigenvalue weighted by Crippen LogP contribution is 2.12. The fourth-order valence-corrected chi connectivity index (χ4v) is 4.22. The highest BCUT2D eigenvalue weighted by molar-refractivity contribution is 7.89. The molecule has 0 spiro atoms. The number of methoxy groups -OCH3 is 1. The summed E-state index contributed by atoms with van der Waals surface area (Å²) in [6.07, 6.45) is 0. The molecule has 0 aliphatic carbocycles. The smallest absolute Gasteiger partial charge is 0.254 e. The Bertz CT molecular complexity index is 672. The molecule has 1 aromatic carbocycles. The van der Waals surface area contributed by atoms with Crippen LogP contribution in [0.1, 0.15) is 15.9 Å². The number of amides is 1. The van der Waals surface area contributed by atoms with Gasteiger partial charge in [0.15, 0.2) is 0 Å². The van der Waals surface area contributed by atoms with Crippen LogP contribution in [0.15, 0.2) is 24.3 Å². The largest absolute Gasteiger partial charge is 0.383 e. The molecule has 0 atom stereocenters. The summed E-state index contributed by atoms with van der Waals surface area (Å²) in [6, 6.07) is 7.33. The number of hydrogen-bond donors (Lipinski definition) is 1. The lowest BCUT2D eigenvalue weighted by Gasteiger charge is -2.28. The van der Waals surface area contributed by atoms with Crippen molar-refractivity contribution in [3.8, 4) is 0 Å². The highest BCUT2D eigenvalue weighted by Gasteiger charge is 2.26. The fraction of sp³-hybridized carbons (Fsp3) is 0.588. The molecule has 0 aromatic heterocycles. The van der Waals surface area contributed by atoms with Crippen LogP contribution >= 0.6 is 0 Å². The molecule has 1 amide bonds. The Morgan fingerprint density at radius 1 is 1.24 bits per heavy atom. The first-order valence-corrected chi connectivity index (χ1v) is 10.1. The Morgan fingerprint density at radius 2 is 1.92 bits per heavy atom. The van der Waals surface area contributed by atoms with Gasteiger partial charge in [0, 0.05) is 51.9 Å². The van der Waals surface area contributed by atoms with Crippen LogP contribution in [-0.2, 0) is 14.8 Å². The second-order valence-electron chi connectivity index (χ2n) is 6.06. The second-order valence-corrected chi connectivity index (χ2v) is 8.15. The van der Waals surface area contributed by atoms with Gasteiger partial charge in [-0.15, -0.1) is 0 Å². The third kappa shape index (κ3) is 5.50. The lowest BCUT2D eigenvalue weighted by molar-refractivity contribution is 0.0706. The number of piperazine rings is 1. The van der Waals surface area contributed by atoms with Gasteiger partial charge >= 0.3 is 0 Å². The molecule has 0 radical (unpaired) electrons. The van der Waals surface area contributed by atoms with E-state index in [0.717, 1.165) is 5.56 Å². The lowest BCUT2D eigenvalue weighted by atomic mass is 10.1. The molecular weight excluding hydrogens is 342 g/mol. The number of sulfonamides is 1. The SMILES string of the molecule is COCCN(CCS(=O)(=O)N1CCNCC1)C(=O)c1ccccc1C. The van der Waals surface area contributed by atoms with Crippen molar-refractivity contribution in [3.05, 3.63) is 35.4 Å². The summed E-state index contributed by atoms with van der Waals surface area (Å²) < 4.78 is 31.6. The third-order valence-electron chi connectivity index (χ3n) is 4.32. The van der Waals surface area contributed by atoms with Crippen LogP contribution < -0.4 is 5.32 Å². The first-order valence-electron chi connectivity index (χ1n) is 8.48. The maximum absolute atomic E-state index is 12.8. The van der Waals surface area contributed by atoms with Gasteiger partial charge in [0.25, 0.3) is 5.91 Å². The molecule has 25 heavy (non-hydrogen) atoms. The quantitative estimate of drug-likeness (QED) is 0.714. The van der Waals surface area contributed by atoms with Crippen molar-refractivity contribution in [2.75, 3.05) is 58.7 Å². The number of benzene rings is 1. The van der Waals surface area contributed by atoms with Crippen LogP contribution in [0.2, 0.25) is 0 Å². The zero-order chi connectivity index (χ0) is 18.3. The van der Waals surface area contributed by atoms with Gasteiger partial charge < -0.3 is 15.0 Å². The average molecular weight is 369 g/mol. The van der Waals surface area contributed by atoms with Gasteiger partial charge in [-0.3, -0.25) is 4.79 Å². The van der Waals surface area contributed by atoms with Crippen molar-refractivity contribution in [1.29, 1.82) is 0 Å². The van der Waals surface area contributed by atoms with Crippen molar-refractivity contribution in [3.63, 3.8) is 0 Å². The summed E-state index contributed by atoms with van der Waals surface area (Å²) in [7, 11) is -1.81. The Balaban J connectivity index is 2.07. The number of ether oxygens (including phenoxy) is 1. The third-order valence-corrected chi connectivity index (χ3v) is 6.17. The summed E-state index contributed by atoms with van der Waals surface area (Å²) in [4.78, 5) is 14.4. The molecule has 0 bridgehead atoms.